The van der Waals surface area contributed by atoms with Gasteiger partial charge in [-0.3, -0.25) is 0 Å². The van der Waals surface area contributed by atoms with E-state index in [2.05, 4.69) is 40.0 Å². The molecule has 0 nitrogen and oxygen atoms in total. The lowest BCUT2D eigenvalue weighted by molar-refractivity contribution is 0.759. The van der Waals surface area contributed by atoms with E-state index < -0.39 is 0 Å². The van der Waals surface area contributed by atoms with Gasteiger partial charge in [0.15, 0.2) is 0 Å². The lowest BCUT2D eigenvalue weighted by Gasteiger charge is -2.04. The van der Waals surface area contributed by atoms with Gasteiger partial charge < -0.3 is 0 Å². The largest absolute Gasteiger partial charge is 0.0988 e. The van der Waals surface area contributed by atoms with Crippen molar-refractivity contribution in [3.63, 3.8) is 0 Å². The standard InChI is InChI=1S/C12H20/c1-6-11(4)8-7-9-12(5)10(2)3/h6,9-10H,1,4,7-8H2,2-3,5H3. The zero-order chi connectivity index (χ0) is 9.56. The van der Waals surface area contributed by atoms with E-state index in [1.54, 1.807) is 0 Å². The highest BCUT2D eigenvalue weighted by Gasteiger charge is 1.94. The van der Waals surface area contributed by atoms with E-state index in [1.807, 2.05) is 6.08 Å². The van der Waals surface area contributed by atoms with Crippen LogP contribution in [0.4, 0.5) is 0 Å². The molecule has 12 heavy (non-hydrogen) atoms. The van der Waals surface area contributed by atoms with Crippen LogP contribution in [-0.4, -0.2) is 0 Å². The van der Waals surface area contributed by atoms with E-state index in [0.29, 0.717) is 5.92 Å². The lowest BCUT2D eigenvalue weighted by atomic mass is 10.0. The quantitative estimate of drug-likeness (QED) is 0.423. The van der Waals surface area contributed by atoms with Crippen LogP contribution in [0.2, 0.25) is 0 Å². The number of rotatable bonds is 5. The van der Waals surface area contributed by atoms with Crippen molar-refractivity contribution in [2.24, 2.45) is 5.92 Å². The molecule has 0 aromatic carbocycles. The van der Waals surface area contributed by atoms with Gasteiger partial charge in [0.2, 0.25) is 0 Å². The Kier molecular flexibility index (Phi) is 5.44. The molecule has 0 heteroatoms. The highest BCUT2D eigenvalue weighted by molar-refractivity contribution is 5.12. The smallest absolute Gasteiger partial charge is 0.0250 e. The predicted molar refractivity (Wildman–Crippen MR) is 57.2 cm³/mol. The topological polar surface area (TPSA) is 0 Å². The summed E-state index contributed by atoms with van der Waals surface area (Å²) in [5, 5.41) is 0. The normalized spacial score (nSPS) is 11.8. The molecule has 0 spiro atoms. The summed E-state index contributed by atoms with van der Waals surface area (Å²) in [6.45, 7) is 14.2. The lowest BCUT2D eigenvalue weighted by Crippen LogP contribution is -1.88. The van der Waals surface area contributed by atoms with Gasteiger partial charge in [-0.2, -0.15) is 0 Å². The Morgan fingerprint density at radius 2 is 2.00 bits per heavy atom. The first-order valence-electron chi connectivity index (χ1n) is 4.54. The SMILES string of the molecule is C=CC(=C)CCC=C(C)C(C)C. The molecule has 0 rings (SSSR count). The second-order valence-corrected chi connectivity index (χ2v) is 3.50. The average Bonchev–Trinajstić information content (AvgIpc) is 2.03. The molecular formula is C12H20. The van der Waals surface area contributed by atoms with Gasteiger partial charge in [-0.15, -0.1) is 0 Å². The third kappa shape index (κ3) is 4.95. The Morgan fingerprint density at radius 3 is 2.42 bits per heavy atom. The van der Waals surface area contributed by atoms with E-state index in [4.69, 9.17) is 0 Å². The fourth-order valence-corrected chi connectivity index (χ4v) is 0.823. The van der Waals surface area contributed by atoms with Gasteiger partial charge in [0, 0.05) is 0 Å². The Labute approximate surface area is 76.7 Å². The van der Waals surface area contributed by atoms with Crippen molar-refractivity contribution in [3.05, 3.63) is 36.5 Å². The van der Waals surface area contributed by atoms with Gasteiger partial charge in [0.1, 0.15) is 0 Å². The Hall–Kier alpha value is -0.780. The van der Waals surface area contributed by atoms with Crippen LogP contribution in [0.3, 0.4) is 0 Å². The first kappa shape index (κ1) is 11.2. The molecule has 0 saturated carbocycles. The van der Waals surface area contributed by atoms with Gasteiger partial charge in [-0.25, -0.2) is 0 Å². The Morgan fingerprint density at radius 1 is 1.42 bits per heavy atom. The predicted octanol–water partition coefficient (Wildman–Crippen LogP) is 4.11. The van der Waals surface area contributed by atoms with Crippen LogP contribution < -0.4 is 0 Å². The minimum atomic E-state index is 0.669. The van der Waals surface area contributed by atoms with Crippen molar-refractivity contribution < 1.29 is 0 Å². The first-order chi connectivity index (χ1) is 5.57. The zero-order valence-corrected chi connectivity index (χ0v) is 8.56. The molecule has 0 aliphatic heterocycles. The van der Waals surface area contributed by atoms with Crippen LogP contribution in [0.5, 0.6) is 0 Å². The Bertz CT molecular complexity index is 182. The maximum Gasteiger partial charge on any atom is -0.0250 e. The molecular weight excluding hydrogens is 144 g/mol. The summed E-state index contributed by atoms with van der Waals surface area (Å²) in [6.07, 6.45) is 6.25. The molecule has 0 fully saturated rings. The van der Waals surface area contributed by atoms with Crippen molar-refractivity contribution >= 4 is 0 Å². The molecule has 0 aliphatic rings. The fraction of sp³-hybridized carbons (Fsp3) is 0.500. The second kappa shape index (κ2) is 5.82. The Balaban J connectivity index is 3.74. The van der Waals surface area contributed by atoms with E-state index >= 15 is 0 Å². The van der Waals surface area contributed by atoms with Gasteiger partial charge in [0.25, 0.3) is 0 Å². The molecule has 0 aliphatic carbocycles. The molecule has 0 bridgehead atoms. The summed E-state index contributed by atoms with van der Waals surface area (Å²) in [5.74, 6) is 0.669. The third-order valence-corrected chi connectivity index (χ3v) is 2.13. The van der Waals surface area contributed by atoms with Gasteiger partial charge in [-0.05, 0) is 25.7 Å². The number of allylic oxidation sites excluding steroid dienone is 4. The molecule has 0 radical (unpaired) electrons. The number of hydrogen-bond acceptors (Lipinski definition) is 0. The number of hydrogen-bond donors (Lipinski definition) is 0. The monoisotopic (exact) mass is 164 g/mol. The van der Waals surface area contributed by atoms with Gasteiger partial charge in [0.05, 0.1) is 0 Å². The molecule has 0 aromatic rings. The van der Waals surface area contributed by atoms with Crippen LogP contribution in [0, 0.1) is 5.92 Å². The van der Waals surface area contributed by atoms with Crippen molar-refractivity contribution in [2.75, 3.05) is 0 Å². The van der Waals surface area contributed by atoms with E-state index in [9.17, 15) is 0 Å². The van der Waals surface area contributed by atoms with Crippen molar-refractivity contribution in [1.82, 2.24) is 0 Å². The van der Waals surface area contributed by atoms with E-state index in [0.717, 1.165) is 18.4 Å². The second-order valence-electron chi connectivity index (χ2n) is 3.50. The third-order valence-electron chi connectivity index (χ3n) is 2.13. The van der Waals surface area contributed by atoms with Crippen LogP contribution in [-0.2, 0) is 0 Å². The van der Waals surface area contributed by atoms with E-state index in [-0.39, 0.29) is 0 Å². The van der Waals surface area contributed by atoms with E-state index in [1.165, 1.54) is 5.57 Å². The highest BCUT2D eigenvalue weighted by Crippen LogP contribution is 2.11. The van der Waals surface area contributed by atoms with Crippen LogP contribution in [0.25, 0.3) is 0 Å². The molecule has 68 valence electrons. The van der Waals surface area contributed by atoms with Gasteiger partial charge in [-0.1, -0.05) is 50.3 Å². The summed E-state index contributed by atoms with van der Waals surface area (Å²) >= 11 is 0. The van der Waals surface area contributed by atoms with Crippen LogP contribution in [0.15, 0.2) is 36.5 Å². The van der Waals surface area contributed by atoms with Crippen LogP contribution >= 0.6 is 0 Å². The fourth-order valence-electron chi connectivity index (χ4n) is 0.823. The molecule has 0 aromatic heterocycles. The summed E-state index contributed by atoms with van der Waals surface area (Å²) < 4.78 is 0. The molecule has 0 heterocycles. The molecule has 0 N–H and O–H groups in total. The maximum absolute atomic E-state index is 3.87. The van der Waals surface area contributed by atoms with Crippen molar-refractivity contribution in [1.29, 1.82) is 0 Å². The maximum atomic E-state index is 3.87. The van der Waals surface area contributed by atoms with Crippen molar-refractivity contribution in [2.45, 2.75) is 33.6 Å². The molecule has 0 atom stereocenters. The zero-order valence-electron chi connectivity index (χ0n) is 8.56. The summed E-state index contributed by atoms with van der Waals surface area (Å²) in [6, 6.07) is 0. The summed E-state index contributed by atoms with van der Waals surface area (Å²) in [7, 11) is 0. The highest BCUT2D eigenvalue weighted by atomic mass is 14.0. The average molecular weight is 164 g/mol. The minimum absolute atomic E-state index is 0.669. The van der Waals surface area contributed by atoms with Crippen molar-refractivity contribution in [3.8, 4) is 0 Å². The molecule has 0 amide bonds. The summed E-state index contributed by atoms with van der Waals surface area (Å²) in [4.78, 5) is 0. The van der Waals surface area contributed by atoms with Crippen LogP contribution in [0.1, 0.15) is 33.6 Å². The molecule has 0 saturated heterocycles. The molecule has 0 unspecified atom stereocenters. The minimum Gasteiger partial charge on any atom is -0.0988 e. The van der Waals surface area contributed by atoms with Gasteiger partial charge >= 0.3 is 0 Å². The summed E-state index contributed by atoms with van der Waals surface area (Å²) in [5.41, 5.74) is 2.59. The first-order valence-corrected chi connectivity index (χ1v) is 4.54.